The lowest BCUT2D eigenvalue weighted by Crippen LogP contribution is -2.54. The number of ether oxygens (including phenoxy) is 1. The Bertz CT molecular complexity index is 731. The number of carbonyl (C=O) groups excluding carboxylic acids is 1. The third-order valence-corrected chi connectivity index (χ3v) is 5.16. The van der Waals surface area contributed by atoms with Gasteiger partial charge in [0.2, 0.25) is 0 Å². The Morgan fingerprint density at radius 1 is 1.25 bits per heavy atom. The molecule has 1 atom stereocenters. The Morgan fingerprint density at radius 3 is 2.80 bits per heavy atom. The molecule has 20 heavy (non-hydrogen) atoms. The molecule has 2 aliphatic rings. The summed E-state index contributed by atoms with van der Waals surface area (Å²) in [5.74, 6) is 0. The Morgan fingerprint density at radius 2 is 2.00 bits per heavy atom. The zero-order valence-corrected chi connectivity index (χ0v) is 12.0. The van der Waals surface area contributed by atoms with Crippen LogP contribution >= 0.6 is 0 Å². The summed E-state index contributed by atoms with van der Waals surface area (Å²) >= 11 is 0. The van der Waals surface area contributed by atoms with Crippen LogP contribution in [0.1, 0.15) is 32.0 Å². The highest BCUT2D eigenvalue weighted by Crippen LogP contribution is 2.50. The number of aromatic nitrogens is 1. The molecular weight excluding hydrogens is 252 g/mol. The normalized spacial score (nSPS) is 27.4. The lowest BCUT2D eigenvalue weighted by molar-refractivity contribution is 0.0172. The highest BCUT2D eigenvalue weighted by molar-refractivity contribution is 5.86. The molecule has 4 rings (SSSR count). The molecule has 1 fully saturated rings. The number of benzene rings is 1. The summed E-state index contributed by atoms with van der Waals surface area (Å²) in [7, 11) is 0. The molecule has 104 valence electrons. The zero-order valence-electron chi connectivity index (χ0n) is 12.0. The van der Waals surface area contributed by atoms with Gasteiger partial charge in [-0.15, -0.1) is 0 Å². The van der Waals surface area contributed by atoms with Crippen molar-refractivity contribution in [2.24, 2.45) is 0 Å². The Kier molecular flexibility index (Phi) is 1.99. The van der Waals surface area contributed by atoms with E-state index < -0.39 is 11.1 Å². The standard InChI is InChI=1S/C16H18N2O2/c1-15(2)16(3)13-11(8-9-18(16)14(19)20-15)10-6-4-5-7-12(10)17-13/h4-7,17H,8-9H2,1-3H3/t16-/m0/s1. The maximum absolute atomic E-state index is 12.1. The maximum Gasteiger partial charge on any atom is 0.411 e. The number of aromatic amines is 1. The fraction of sp³-hybridized carbons (Fsp3) is 0.438. The minimum absolute atomic E-state index is 0.207. The van der Waals surface area contributed by atoms with Crippen molar-refractivity contribution in [2.75, 3.05) is 6.54 Å². The van der Waals surface area contributed by atoms with E-state index in [0.717, 1.165) is 17.6 Å². The first-order valence-electron chi connectivity index (χ1n) is 7.06. The molecule has 1 saturated heterocycles. The quantitative estimate of drug-likeness (QED) is 0.799. The number of para-hydroxylation sites is 1. The molecule has 1 amide bonds. The van der Waals surface area contributed by atoms with Crippen LogP contribution in [0.5, 0.6) is 0 Å². The number of nitrogens with zero attached hydrogens (tertiary/aromatic N) is 1. The fourth-order valence-corrected chi connectivity index (χ4v) is 3.73. The van der Waals surface area contributed by atoms with Crippen LogP contribution in [0.3, 0.4) is 0 Å². The van der Waals surface area contributed by atoms with Gasteiger partial charge in [-0.25, -0.2) is 4.79 Å². The van der Waals surface area contributed by atoms with E-state index in [0.29, 0.717) is 6.54 Å². The molecule has 0 aliphatic carbocycles. The number of cyclic esters (lactones) is 1. The van der Waals surface area contributed by atoms with Crippen LogP contribution in [-0.4, -0.2) is 28.1 Å². The second-order valence-electron chi connectivity index (χ2n) is 6.38. The van der Waals surface area contributed by atoms with E-state index in [9.17, 15) is 4.79 Å². The monoisotopic (exact) mass is 270 g/mol. The van der Waals surface area contributed by atoms with Crippen molar-refractivity contribution in [1.29, 1.82) is 0 Å². The first-order chi connectivity index (χ1) is 9.45. The second kappa shape index (κ2) is 3.37. The zero-order chi connectivity index (χ0) is 14.1. The van der Waals surface area contributed by atoms with E-state index >= 15 is 0 Å². The summed E-state index contributed by atoms with van der Waals surface area (Å²) in [6.45, 7) is 6.80. The van der Waals surface area contributed by atoms with E-state index in [1.807, 2.05) is 24.8 Å². The predicted molar refractivity (Wildman–Crippen MR) is 76.6 cm³/mol. The number of carbonyl (C=O) groups is 1. The summed E-state index contributed by atoms with van der Waals surface area (Å²) in [6, 6.07) is 8.33. The molecule has 1 aromatic heterocycles. The first-order valence-corrected chi connectivity index (χ1v) is 7.06. The van der Waals surface area contributed by atoms with E-state index in [1.165, 1.54) is 10.9 Å². The molecule has 2 aromatic rings. The number of H-pyrrole nitrogens is 1. The number of fused-ring (bicyclic) bond motifs is 5. The smallest absolute Gasteiger partial charge is 0.411 e. The first kappa shape index (κ1) is 11.8. The van der Waals surface area contributed by atoms with Crippen molar-refractivity contribution >= 4 is 17.0 Å². The summed E-state index contributed by atoms with van der Waals surface area (Å²) in [6.07, 6.45) is 0.668. The van der Waals surface area contributed by atoms with Crippen LogP contribution in [0.2, 0.25) is 0 Å². The number of hydrogen-bond acceptors (Lipinski definition) is 2. The lowest BCUT2D eigenvalue weighted by Gasteiger charge is -2.43. The van der Waals surface area contributed by atoms with Gasteiger partial charge in [-0.05, 0) is 38.8 Å². The summed E-state index contributed by atoms with van der Waals surface area (Å²) in [4.78, 5) is 17.5. The minimum atomic E-state index is -0.542. The topological polar surface area (TPSA) is 45.3 Å². The van der Waals surface area contributed by atoms with E-state index in [1.54, 1.807) is 0 Å². The van der Waals surface area contributed by atoms with Gasteiger partial charge < -0.3 is 9.72 Å². The average Bonchev–Trinajstić information content (AvgIpc) is 2.85. The number of rotatable bonds is 0. The molecule has 0 radical (unpaired) electrons. The van der Waals surface area contributed by atoms with Crippen LogP contribution in [0.4, 0.5) is 4.79 Å². The van der Waals surface area contributed by atoms with Crippen LogP contribution in [-0.2, 0) is 16.7 Å². The van der Waals surface area contributed by atoms with E-state index in [-0.39, 0.29) is 6.09 Å². The molecular formula is C16H18N2O2. The average molecular weight is 270 g/mol. The summed E-state index contributed by atoms with van der Waals surface area (Å²) in [5.41, 5.74) is 2.61. The fourth-order valence-electron chi connectivity index (χ4n) is 3.73. The number of hydrogen-bond donors (Lipinski definition) is 1. The lowest BCUT2D eigenvalue weighted by atomic mass is 9.76. The van der Waals surface area contributed by atoms with Crippen LogP contribution in [0.15, 0.2) is 24.3 Å². The molecule has 2 aliphatic heterocycles. The van der Waals surface area contributed by atoms with Gasteiger partial charge in [-0.3, -0.25) is 4.90 Å². The third-order valence-electron chi connectivity index (χ3n) is 5.16. The molecule has 4 nitrogen and oxygen atoms in total. The summed E-state index contributed by atoms with van der Waals surface area (Å²) in [5, 5.41) is 1.26. The Labute approximate surface area is 117 Å². The van der Waals surface area contributed by atoms with Crippen molar-refractivity contribution < 1.29 is 9.53 Å². The van der Waals surface area contributed by atoms with Gasteiger partial charge in [0.25, 0.3) is 0 Å². The van der Waals surface area contributed by atoms with Crippen molar-refractivity contribution in [3.8, 4) is 0 Å². The molecule has 1 N–H and O–H groups in total. The van der Waals surface area contributed by atoms with Gasteiger partial charge in [-0.1, -0.05) is 18.2 Å². The van der Waals surface area contributed by atoms with Crippen molar-refractivity contribution in [2.45, 2.75) is 38.3 Å². The van der Waals surface area contributed by atoms with Gasteiger partial charge in [0, 0.05) is 23.1 Å². The molecule has 0 unspecified atom stereocenters. The predicted octanol–water partition coefficient (Wildman–Crippen LogP) is 3.17. The minimum Gasteiger partial charge on any atom is -0.440 e. The van der Waals surface area contributed by atoms with Crippen molar-refractivity contribution in [3.05, 3.63) is 35.5 Å². The largest absolute Gasteiger partial charge is 0.440 e. The van der Waals surface area contributed by atoms with E-state index in [4.69, 9.17) is 4.74 Å². The van der Waals surface area contributed by atoms with Gasteiger partial charge in [-0.2, -0.15) is 0 Å². The highest BCUT2D eigenvalue weighted by Gasteiger charge is 2.61. The molecule has 0 spiro atoms. The van der Waals surface area contributed by atoms with Crippen LogP contribution < -0.4 is 0 Å². The Balaban J connectivity index is 2.04. The maximum atomic E-state index is 12.1. The number of amides is 1. The van der Waals surface area contributed by atoms with Gasteiger partial charge in [0.15, 0.2) is 0 Å². The van der Waals surface area contributed by atoms with E-state index in [2.05, 4.69) is 30.1 Å². The SMILES string of the molecule is CC1(C)OC(=O)N2CCc3c([nH]c4ccccc34)[C@]21C. The molecule has 1 aromatic carbocycles. The van der Waals surface area contributed by atoms with Crippen molar-refractivity contribution in [1.82, 2.24) is 9.88 Å². The summed E-state index contributed by atoms with van der Waals surface area (Å²) < 4.78 is 5.62. The molecule has 0 saturated carbocycles. The van der Waals surface area contributed by atoms with Gasteiger partial charge >= 0.3 is 6.09 Å². The molecule has 3 heterocycles. The van der Waals surface area contributed by atoms with Crippen molar-refractivity contribution in [3.63, 3.8) is 0 Å². The van der Waals surface area contributed by atoms with Crippen LogP contribution in [0.25, 0.3) is 10.9 Å². The third kappa shape index (κ3) is 1.15. The molecule has 4 heteroatoms. The number of nitrogens with one attached hydrogen (secondary N) is 1. The Hall–Kier alpha value is -1.97. The van der Waals surface area contributed by atoms with Crippen LogP contribution in [0, 0.1) is 0 Å². The highest BCUT2D eigenvalue weighted by atomic mass is 16.6. The molecule has 0 bridgehead atoms. The van der Waals surface area contributed by atoms with Gasteiger partial charge in [0.1, 0.15) is 11.1 Å². The second-order valence-corrected chi connectivity index (χ2v) is 6.38. The van der Waals surface area contributed by atoms with Gasteiger partial charge in [0.05, 0.1) is 0 Å².